The van der Waals surface area contributed by atoms with E-state index in [9.17, 15) is 15.0 Å². The van der Waals surface area contributed by atoms with Gasteiger partial charge >= 0.3 is 0 Å². The average molecular weight is 305 g/mol. The van der Waals surface area contributed by atoms with Gasteiger partial charge < -0.3 is 47.3 Å². The summed E-state index contributed by atoms with van der Waals surface area (Å²) < 4.78 is 5.05. The molecule has 1 aliphatic rings. The van der Waals surface area contributed by atoms with Gasteiger partial charge in [-0.3, -0.25) is 10.2 Å². The molecule has 0 spiro atoms. The molecule has 1 rings (SSSR count). The van der Waals surface area contributed by atoms with Crippen LogP contribution in [0.2, 0.25) is 0 Å². The molecule has 21 heavy (non-hydrogen) atoms. The Morgan fingerprint density at radius 1 is 1.24 bits per heavy atom. The van der Waals surface area contributed by atoms with Gasteiger partial charge in [-0.15, -0.1) is 0 Å². The maximum Gasteiger partial charge on any atom is 0.271 e. The van der Waals surface area contributed by atoms with Crippen molar-refractivity contribution in [2.75, 3.05) is 13.3 Å². The highest BCUT2D eigenvalue weighted by molar-refractivity contribution is 6.04. The Bertz CT molecular complexity index is 442. The number of nitrogens with one attached hydrogen (secondary N) is 3. The Balaban J connectivity index is 2.84. The van der Waals surface area contributed by atoms with Crippen molar-refractivity contribution < 1.29 is 30.0 Å². The van der Waals surface area contributed by atoms with Crippen LogP contribution in [-0.2, 0) is 9.53 Å². The number of amides is 1. The first-order valence-electron chi connectivity index (χ1n) is 5.95. The van der Waals surface area contributed by atoms with E-state index in [1.54, 1.807) is 0 Å². The fraction of sp³-hybridized carbons (Fsp3) is 0.600. The zero-order chi connectivity index (χ0) is 16.2. The summed E-state index contributed by atoms with van der Waals surface area (Å²) >= 11 is 0. The maximum absolute atomic E-state index is 12.0. The number of hydrogen-bond donors (Lipinski definition) is 9. The fourth-order valence-electron chi connectivity index (χ4n) is 1.73. The zero-order valence-corrected chi connectivity index (χ0v) is 11.0. The molecule has 11 nitrogen and oxygen atoms in total. The molecule has 0 saturated carbocycles. The third-order valence-corrected chi connectivity index (χ3v) is 2.86. The van der Waals surface area contributed by atoms with E-state index < -0.39 is 55.3 Å². The fourth-order valence-corrected chi connectivity index (χ4v) is 1.73. The molecule has 0 aromatic rings. The number of aliphatic hydroxyl groups is 4. The van der Waals surface area contributed by atoms with Crippen LogP contribution in [0.15, 0.2) is 11.4 Å². The van der Waals surface area contributed by atoms with E-state index in [4.69, 9.17) is 31.8 Å². The van der Waals surface area contributed by atoms with Crippen LogP contribution in [-0.4, -0.2) is 70.0 Å². The lowest BCUT2D eigenvalue weighted by Gasteiger charge is -2.18. The number of nitrogens with two attached hydrogens (primary N) is 2. The minimum absolute atomic E-state index is 0.386. The summed E-state index contributed by atoms with van der Waals surface area (Å²) in [5.41, 5.74) is 9.80. The number of carbonyl (C=O) groups is 1. The summed E-state index contributed by atoms with van der Waals surface area (Å²) in [4.78, 5) is 12.0. The molecule has 4 unspecified atom stereocenters. The molecule has 1 fully saturated rings. The van der Waals surface area contributed by atoms with Crippen molar-refractivity contribution in [1.82, 2.24) is 10.6 Å². The monoisotopic (exact) mass is 305 g/mol. The lowest BCUT2D eigenvalue weighted by molar-refractivity contribution is -0.124. The van der Waals surface area contributed by atoms with Crippen molar-refractivity contribution in [3.05, 3.63) is 11.4 Å². The summed E-state index contributed by atoms with van der Waals surface area (Å²) in [6.07, 6.45) is -5.17. The summed E-state index contributed by atoms with van der Waals surface area (Å²) in [5.74, 6) is -1.51. The number of rotatable bonds is 6. The largest absolute Gasteiger partial charge is 0.394 e. The first kappa shape index (κ1) is 17.1. The zero-order valence-electron chi connectivity index (χ0n) is 11.0. The van der Waals surface area contributed by atoms with Gasteiger partial charge in [-0.05, 0) is 0 Å². The molecule has 1 aliphatic heterocycles. The highest BCUT2D eigenvalue weighted by Gasteiger charge is 2.43. The number of carbonyl (C=O) groups excluding carboxylic acids is 1. The molecule has 0 bridgehead atoms. The minimum Gasteiger partial charge on any atom is -0.394 e. The molecular weight excluding hydrogens is 286 g/mol. The van der Waals surface area contributed by atoms with E-state index in [2.05, 4.69) is 10.6 Å². The predicted octanol–water partition coefficient (Wildman–Crippen LogP) is -4.81. The summed E-state index contributed by atoms with van der Waals surface area (Å²) in [5, 5.41) is 48.5. The summed E-state index contributed by atoms with van der Waals surface area (Å²) in [6.45, 7) is -1.19. The van der Waals surface area contributed by atoms with Gasteiger partial charge in [0.2, 0.25) is 0 Å². The van der Waals surface area contributed by atoms with Gasteiger partial charge in [0.25, 0.3) is 5.91 Å². The van der Waals surface area contributed by atoms with E-state index in [1.807, 2.05) is 0 Å². The Kier molecular flexibility index (Phi) is 5.87. The molecule has 0 aromatic carbocycles. The van der Waals surface area contributed by atoms with Crippen LogP contribution >= 0.6 is 0 Å². The second kappa shape index (κ2) is 7.19. The molecule has 120 valence electrons. The normalized spacial score (nSPS) is 29.7. The number of hydrogen-bond acceptors (Lipinski definition) is 9. The molecule has 4 atom stereocenters. The van der Waals surface area contributed by atoms with Crippen molar-refractivity contribution in [3.63, 3.8) is 0 Å². The Hall–Kier alpha value is -1.92. The molecule has 0 radical (unpaired) electrons. The van der Waals surface area contributed by atoms with Crippen LogP contribution in [0.1, 0.15) is 0 Å². The minimum atomic E-state index is -1.46. The number of amidine groups is 1. The van der Waals surface area contributed by atoms with Crippen LogP contribution in [0.3, 0.4) is 0 Å². The third kappa shape index (κ3) is 3.80. The van der Waals surface area contributed by atoms with Crippen LogP contribution in [0.25, 0.3) is 0 Å². The van der Waals surface area contributed by atoms with Crippen LogP contribution in [0.4, 0.5) is 0 Å². The number of ether oxygens (including phenoxy) is 1. The quantitative estimate of drug-likeness (QED) is 0.0996. The summed E-state index contributed by atoms with van der Waals surface area (Å²) in [6, 6.07) is 0. The SMILES string of the molecule is N=C(N)/C(N)=C(\NCO)C(=O)NC1OC(CO)C(O)C1O. The first-order chi connectivity index (χ1) is 9.83. The Morgan fingerprint density at radius 3 is 2.29 bits per heavy atom. The molecular formula is C10H19N5O6. The molecule has 11 heteroatoms. The van der Waals surface area contributed by atoms with E-state index >= 15 is 0 Å². The molecule has 1 saturated heterocycles. The van der Waals surface area contributed by atoms with E-state index in [0.29, 0.717) is 0 Å². The topological polar surface area (TPSA) is 207 Å². The van der Waals surface area contributed by atoms with Gasteiger partial charge in [0.05, 0.1) is 6.61 Å². The van der Waals surface area contributed by atoms with E-state index in [0.717, 1.165) is 0 Å². The molecule has 1 heterocycles. The van der Waals surface area contributed by atoms with E-state index in [1.165, 1.54) is 0 Å². The highest BCUT2D eigenvalue weighted by atomic mass is 16.6. The molecule has 1 amide bonds. The lowest BCUT2D eigenvalue weighted by atomic mass is 10.1. The first-order valence-corrected chi connectivity index (χ1v) is 5.95. The highest BCUT2D eigenvalue weighted by Crippen LogP contribution is 2.19. The third-order valence-electron chi connectivity index (χ3n) is 2.86. The smallest absolute Gasteiger partial charge is 0.271 e. The van der Waals surface area contributed by atoms with Gasteiger partial charge in [0.1, 0.15) is 42.3 Å². The Morgan fingerprint density at radius 2 is 1.86 bits per heavy atom. The van der Waals surface area contributed by atoms with Crippen LogP contribution in [0.5, 0.6) is 0 Å². The second-order valence-corrected chi connectivity index (χ2v) is 4.27. The van der Waals surface area contributed by atoms with Gasteiger partial charge in [0, 0.05) is 0 Å². The van der Waals surface area contributed by atoms with Crippen molar-refractivity contribution in [2.45, 2.75) is 24.5 Å². The van der Waals surface area contributed by atoms with Gasteiger partial charge in [-0.25, -0.2) is 0 Å². The van der Waals surface area contributed by atoms with E-state index in [-0.39, 0.29) is 5.70 Å². The number of aliphatic hydroxyl groups excluding tert-OH is 4. The molecule has 0 aliphatic carbocycles. The van der Waals surface area contributed by atoms with Crippen molar-refractivity contribution in [2.24, 2.45) is 11.5 Å². The van der Waals surface area contributed by atoms with Gasteiger partial charge in [0.15, 0.2) is 6.23 Å². The molecule has 11 N–H and O–H groups in total. The van der Waals surface area contributed by atoms with Crippen molar-refractivity contribution >= 4 is 11.7 Å². The Labute approximate surface area is 119 Å². The lowest BCUT2D eigenvalue weighted by Crippen LogP contribution is -2.47. The van der Waals surface area contributed by atoms with Gasteiger partial charge in [-0.2, -0.15) is 0 Å². The predicted molar refractivity (Wildman–Crippen MR) is 69.3 cm³/mol. The van der Waals surface area contributed by atoms with Crippen LogP contribution < -0.4 is 22.1 Å². The van der Waals surface area contributed by atoms with Crippen LogP contribution in [0, 0.1) is 5.41 Å². The van der Waals surface area contributed by atoms with Gasteiger partial charge in [-0.1, -0.05) is 0 Å². The standard InChI is InChI=1S/C10H19N5O6/c11-4(8(12)13)5(14-2-17)9(20)15-10-7(19)6(18)3(1-16)21-10/h3,6-7,10,14,16-19H,1-2,11H2,(H3,12,13)(H,15,20)/b5-4+. The summed E-state index contributed by atoms with van der Waals surface area (Å²) in [7, 11) is 0. The second-order valence-electron chi connectivity index (χ2n) is 4.27. The average Bonchev–Trinajstić information content (AvgIpc) is 2.71. The molecule has 0 aromatic heterocycles. The van der Waals surface area contributed by atoms with Crippen molar-refractivity contribution in [3.8, 4) is 0 Å². The van der Waals surface area contributed by atoms with Crippen molar-refractivity contribution in [1.29, 1.82) is 5.41 Å². The maximum atomic E-state index is 12.0.